The summed E-state index contributed by atoms with van der Waals surface area (Å²) < 4.78 is 19.0. The SMILES string of the molecule is CC(C)Oc1ccc(/C(O)=C2/C(=O)C(=O)N(Cc3ccc(F)cc3)C2c2ccc(O)c(Cl)c2)cc1. The fourth-order valence-electron chi connectivity index (χ4n) is 3.99. The Bertz CT molecular complexity index is 1300. The molecule has 0 spiro atoms. The molecule has 1 heterocycles. The normalized spacial score (nSPS) is 17.3. The molecular formula is C27H23ClFNO5. The lowest BCUT2D eigenvalue weighted by Gasteiger charge is -2.25. The van der Waals surface area contributed by atoms with Gasteiger partial charge in [0.25, 0.3) is 11.7 Å². The Morgan fingerprint density at radius 3 is 2.31 bits per heavy atom. The molecule has 1 aliphatic rings. The lowest BCUT2D eigenvalue weighted by molar-refractivity contribution is -0.140. The molecule has 6 nitrogen and oxygen atoms in total. The van der Waals surface area contributed by atoms with E-state index < -0.39 is 23.5 Å². The maximum atomic E-state index is 13.4. The van der Waals surface area contributed by atoms with Crippen molar-refractivity contribution in [2.45, 2.75) is 32.5 Å². The van der Waals surface area contributed by atoms with Crippen LogP contribution < -0.4 is 4.74 Å². The van der Waals surface area contributed by atoms with Crippen molar-refractivity contribution >= 4 is 29.1 Å². The molecule has 1 fully saturated rings. The minimum Gasteiger partial charge on any atom is -0.507 e. The summed E-state index contributed by atoms with van der Waals surface area (Å²) in [5, 5.41) is 21.1. The molecular weight excluding hydrogens is 473 g/mol. The smallest absolute Gasteiger partial charge is 0.295 e. The number of carbonyl (C=O) groups excluding carboxylic acids is 2. The molecule has 4 rings (SSSR count). The van der Waals surface area contributed by atoms with Gasteiger partial charge in [-0.2, -0.15) is 0 Å². The summed E-state index contributed by atoms with van der Waals surface area (Å²) in [4.78, 5) is 27.5. The van der Waals surface area contributed by atoms with Gasteiger partial charge in [0, 0.05) is 12.1 Å². The summed E-state index contributed by atoms with van der Waals surface area (Å²) in [6.45, 7) is 3.77. The molecule has 3 aromatic rings. The van der Waals surface area contributed by atoms with Gasteiger partial charge in [-0.1, -0.05) is 29.8 Å². The summed E-state index contributed by atoms with van der Waals surface area (Å²) in [7, 11) is 0. The van der Waals surface area contributed by atoms with Gasteiger partial charge in [-0.3, -0.25) is 9.59 Å². The molecule has 1 amide bonds. The van der Waals surface area contributed by atoms with Crippen LogP contribution in [0.1, 0.15) is 36.6 Å². The van der Waals surface area contributed by atoms with Crippen molar-refractivity contribution in [2.24, 2.45) is 0 Å². The Morgan fingerprint density at radius 2 is 1.71 bits per heavy atom. The summed E-state index contributed by atoms with van der Waals surface area (Å²) in [5.74, 6) is -2.02. The van der Waals surface area contributed by atoms with E-state index in [-0.39, 0.29) is 34.8 Å². The van der Waals surface area contributed by atoms with Crippen molar-refractivity contribution in [2.75, 3.05) is 0 Å². The van der Waals surface area contributed by atoms with Crippen molar-refractivity contribution in [3.63, 3.8) is 0 Å². The van der Waals surface area contributed by atoms with E-state index in [4.69, 9.17) is 16.3 Å². The van der Waals surface area contributed by atoms with Crippen molar-refractivity contribution < 1.29 is 28.9 Å². The van der Waals surface area contributed by atoms with Crippen LogP contribution in [0, 0.1) is 5.82 Å². The Hall–Kier alpha value is -3.84. The predicted octanol–water partition coefficient (Wildman–Crippen LogP) is 5.59. The molecule has 1 saturated heterocycles. The lowest BCUT2D eigenvalue weighted by atomic mass is 9.95. The van der Waals surface area contributed by atoms with Gasteiger partial charge in [0.05, 0.1) is 22.7 Å². The number of Topliss-reactive ketones (excluding diaryl/α,β-unsaturated/α-hetero) is 1. The molecule has 3 aromatic carbocycles. The number of ketones is 1. The second-order valence-corrected chi connectivity index (χ2v) is 8.86. The first-order chi connectivity index (χ1) is 16.7. The van der Waals surface area contributed by atoms with Crippen LogP contribution in [0.2, 0.25) is 5.02 Å². The molecule has 8 heteroatoms. The zero-order chi connectivity index (χ0) is 25.3. The first-order valence-corrected chi connectivity index (χ1v) is 11.3. The van der Waals surface area contributed by atoms with Crippen molar-refractivity contribution in [1.29, 1.82) is 0 Å². The highest BCUT2D eigenvalue weighted by Gasteiger charge is 2.46. The number of aromatic hydroxyl groups is 1. The van der Waals surface area contributed by atoms with Crippen LogP contribution in [-0.4, -0.2) is 32.9 Å². The fraction of sp³-hybridized carbons (Fsp3) is 0.185. The standard InChI is InChI=1S/C27H23ClFNO5/c1-15(2)35-20-10-5-17(6-11-20)25(32)23-24(18-7-12-22(31)21(28)13-18)30(27(34)26(23)33)14-16-3-8-19(29)9-4-16/h3-13,15,24,31-32H,14H2,1-2H3/b25-23-. The number of nitrogens with zero attached hydrogens (tertiary/aromatic N) is 1. The van der Waals surface area contributed by atoms with E-state index in [0.29, 0.717) is 22.4 Å². The summed E-state index contributed by atoms with van der Waals surface area (Å²) in [5.41, 5.74) is 1.24. The highest BCUT2D eigenvalue weighted by atomic mass is 35.5. The van der Waals surface area contributed by atoms with Gasteiger partial charge in [-0.25, -0.2) is 4.39 Å². The third-order valence-corrected chi connectivity index (χ3v) is 5.90. The number of hydrogen-bond acceptors (Lipinski definition) is 5. The lowest BCUT2D eigenvalue weighted by Crippen LogP contribution is -2.29. The molecule has 0 bridgehead atoms. The third kappa shape index (κ3) is 5.00. The Labute approximate surface area is 206 Å². The van der Waals surface area contributed by atoms with E-state index in [2.05, 4.69) is 0 Å². The zero-order valence-electron chi connectivity index (χ0n) is 19.0. The number of aliphatic hydroxyl groups excluding tert-OH is 1. The van der Waals surface area contributed by atoms with Crippen LogP contribution >= 0.6 is 11.6 Å². The van der Waals surface area contributed by atoms with Crippen LogP contribution in [0.4, 0.5) is 4.39 Å². The minimum absolute atomic E-state index is 0.00797. The summed E-state index contributed by atoms with van der Waals surface area (Å²) in [6.07, 6.45) is -0.0366. The van der Waals surface area contributed by atoms with E-state index in [1.54, 1.807) is 24.3 Å². The Balaban J connectivity index is 1.81. The molecule has 35 heavy (non-hydrogen) atoms. The average Bonchev–Trinajstić information content (AvgIpc) is 3.07. The largest absolute Gasteiger partial charge is 0.507 e. The van der Waals surface area contributed by atoms with Gasteiger partial charge < -0.3 is 19.8 Å². The average molecular weight is 496 g/mol. The molecule has 1 atom stereocenters. The molecule has 0 aliphatic carbocycles. The van der Waals surface area contributed by atoms with Gasteiger partial charge >= 0.3 is 0 Å². The summed E-state index contributed by atoms with van der Waals surface area (Å²) in [6, 6.07) is 15.4. The fourth-order valence-corrected chi connectivity index (χ4v) is 4.18. The number of aliphatic hydroxyl groups is 1. The number of benzene rings is 3. The summed E-state index contributed by atoms with van der Waals surface area (Å²) >= 11 is 6.12. The van der Waals surface area contributed by atoms with Gasteiger partial charge in [-0.15, -0.1) is 0 Å². The van der Waals surface area contributed by atoms with E-state index in [9.17, 15) is 24.2 Å². The van der Waals surface area contributed by atoms with Gasteiger partial charge in [0.15, 0.2) is 0 Å². The maximum Gasteiger partial charge on any atom is 0.295 e. The Morgan fingerprint density at radius 1 is 1.06 bits per heavy atom. The number of phenols is 1. The second kappa shape index (κ2) is 9.80. The van der Waals surface area contributed by atoms with Gasteiger partial charge in [0.1, 0.15) is 23.1 Å². The van der Waals surface area contributed by atoms with Crippen molar-refractivity contribution in [1.82, 2.24) is 4.90 Å². The monoisotopic (exact) mass is 495 g/mol. The number of amides is 1. The molecule has 2 N–H and O–H groups in total. The molecule has 1 aliphatic heterocycles. The number of carbonyl (C=O) groups is 2. The van der Waals surface area contributed by atoms with Crippen molar-refractivity contribution in [3.05, 3.63) is 99.8 Å². The topological polar surface area (TPSA) is 87.1 Å². The Kier molecular flexibility index (Phi) is 6.80. The molecule has 0 aromatic heterocycles. The first-order valence-electron chi connectivity index (χ1n) is 10.9. The highest BCUT2D eigenvalue weighted by molar-refractivity contribution is 6.46. The second-order valence-electron chi connectivity index (χ2n) is 8.46. The number of likely N-dealkylation sites (tertiary alicyclic amines) is 1. The first kappa shape index (κ1) is 24.3. The van der Waals surface area contributed by atoms with Crippen LogP contribution in [0.15, 0.2) is 72.3 Å². The van der Waals surface area contributed by atoms with Gasteiger partial charge in [0.2, 0.25) is 0 Å². The van der Waals surface area contributed by atoms with Crippen molar-refractivity contribution in [3.8, 4) is 11.5 Å². The van der Waals surface area contributed by atoms with E-state index in [1.165, 1.54) is 47.4 Å². The minimum atomic E-state index is -0.982. The van der Waals surface area contributed by atoms with Gasteiger partial charge in [-0.05, 0) is 73.5 Å². The van der Waals surface area contributed by atoms with Crippen LogP contribution in [0.25, 0.3) is 5.76 Å². The number of phenolic OH excluding ortho intramolecular Hbond substituents is 1. The number of rotatable bonds is 6. The molecule has 0 saturated carbocycles. The number of hydrogen-bond donors (Lipinski definition) is 2. The third-order valence-electron chi connectivity index (χ3n) is 5.59. The van der Waals surface area contributed by atoms with Crippen LogP contribution in [0.3, 0.4) is 0 Å². The van der Waals surface area contributed by atoms with E-state index >= 15 is 0 Å². The predicted molar refractivity (Wildman–Crippen MR) is 130 cm³/mol. The van der Waals surface area contributed by atoms with E-state index in [0.717, 1.165) is 0 Å². The van der Waals surface area contributed by atoms with Crippen LogP contribution in [-0.2, 0) is 16.1 Å². The highest BCUT2D eigenvalue weighted by Crippen LogP contribution is 2.42. The zero-order valence-corrected chi connectivity index (χ0v) is 19.8. The quantitative estimate of drug-likeness (QED) is 0.264. The maximum absolute atomic E-state index is 13.4. The number of halogens is 2. The van der Waals surface area contributed by atoms with Crippen LogP contribution in [0.5, 0.6) is 11.5 Å². The number of ether oxygens (including phenoxy) is 1. The molecule has 1 unspecified atom stereocenters. The van der Waals surface area contributed by atoms with E-state index in [1.807, 2.05) is 13.8 Å². The molecule has 180 valence electrons. The molecule has 0 radical (unpaired) electrons.